The summed E-state index contributed by atoms with van der Waals surface area (Å²) >= 11 is 2.34. The monoisotopic (exact) mass is 539 g/mol. The Morgan fingerprint density at radius 3 is 2.40 bits per heavy atom. The Kier molecular flexibility index (Phi) is 7.01. The lowest BCUT2D eigenvalue weighted by atomic mass is 9.59. The van der Waals surface area contributed by atoms with Gasteiger partial charge in [-0.2, -0.15) is 0 Å². The summed E-state index contributed by atoms with van der Waals surface area (Å²) < 4.78 is 8.23. The Morgan fingerprint density at radius 2 is 1.83 bits per heavy atom. The van der Waals surface area contributed by atoms with Crippen LogP contribution in [0.3, 0.4) is 0 Å². The Labute approximate surface area is 195 Å². The molecule has 1 saturated carbocycles. The summed E-state index contributed by atoms with van der Waals surface area (Å²) in [6.07, 6.45) is 0.0679. The average molecular weight is 540 g/mol. The maximum Gasteiger partial charge on any atom is 0.238 e. The van der Waals surface area contributed by atoms with Crippen LogP contribution in [-0.4, -0.2) is 37.5 Å². The zero-order chi connectivity index (χ0) is 22.3. The largest absolute Gasteiger partial charge is 0.408 e. The fraction of sp³-hybridized carbons (Fsp3) is 0.542. The van der Waals surface area contributed by atoms with Gasteiger partial charge in [0.1, 0.15) is 11.6 Å². The molecular weight excluding hydrogens is 505 g/mol. The Hall–Kier alpha value is -0.963. The zero-order valence-corrected chi connectivity index (χ0v) is 21.7. The van der Waals surface area contributed by atoms with Crippen molar-refractivity contribution in [3.63, 3.8) is 0 Å². The van der Waals surface area contributed by atoms with Gasteiger partial charge in [0.2, 0.25) is 5.91 Å². The third-order valence-corrected chi connectivity index (χ3v) is 13.1. The van der Waals surface area contributed by atoms with E-state index in [9.17, 15) is 9.90 Å². The molecule has 2 aliphatic rings. The first-order valence-corrected chi connectivity index (χ1v) is 14.5. The highest BCUT2D eigenvalue weighted by atomic mass is 127. The number of carbonyl (C=O) groups excluding carboxylic acids is 1. The maximum absolute atomic E-state index is 13.9. The van der Waals surface area contributed by atoms with Crippen LogP contribution in [0.1, 0.15) is 45.3 Å². The van der Waals surface area contributed by atoms with Crippen molar-refractivity contribution in [3.05, 3.63) is 57.7 Å². The zero-order valence-electron chi connectivity index (χ0n) is 18.6. The minimum atomic E-state index is -2.09. The van der Waals surface area contributed by atoms with Gasteiger partial charge in [0.25, 0.3) is 0 Å². The van der Waals surface area contributed by atoms with Gasteiger partial charge in [0.05, 0.1) is 6.10 Å². The predicted octanol–water partition coefficient (Wildman–Crippen LogP) is 5.65. The van der Waals surface area contributed by atoms with Crippen LogP contribution in [0.4, 0.5) is 0 Å². The van der Waals surface area contributed by atoms with Crippen LogP contribution in [0.25, 0.3) is 0 Å². The van der Waals surface area contributed by atoms with Crippen LogP contribution >= 0.6 is 22.6 Å². The van der Waals surface area contributed by atoms with Crippen molar-refractivity contribution in [2.45, 2.75) is 64.1 Å². The molecule has 1 aromatic rings. The van der Waals surface area contributed by atoms with Gasteiger partial charge in [-0.1, -0.05) is 63.3 Å². The molecule has 1 amide bonds. The van der Waals surface area contributed by atoms with Crippen LogP contribution in [0.15, 0.2) is 48.6 Å². The number of rotatable bonds is 7. The van der Waals surface area contributed by atoms with Crippen LogP contribution in [0.2, 0.25) is 18.1 Å². The number of fused-ring (bicyclic) bond motifs is 1. The van der Waals surface area contributed by atoms with Crippen molar-refractivity contribution < 1.29 is 14.3 Å². The number of aliphatic hydroxyl groups excluding tert-OH is 1. The second-order valence-electron chi connectivity index (χ2n) is 8.70. The van der Waals surface area contributed by atoms with E-state index < -0.39 is 32.0 Å². The number of hydrogen-bond acceptors (Lipinski definition) is 3. The Bertz CT molecular complexity index is 844. The summed E-state index contributed by atoms with van der Waals surface area (Å²) in [7, 11) is -0.402. The van der Waals surface area contributed by atoms with Crippen LogP contribution < -0.4 is 0 Å². The highest BCUT2D eigenvalue weighted by Gasteiger charge is 2.66. The van der Waals surface area contributed by atoms with E-state index in [2.05, 4.69) is 68.7 Å². The second-order valence-corrected chi connectivity index (χ2v) is 14.6. The molecular formula is C24H34INO3Si. The van der Waals surface area contributed by atoms with Crippen LogP contribution in [0, 0.1) is 14.9 Å². The summed E-state index contributed by atoms with van der Waals surface area (Å²) in [4.78, 5) is 15.4. The van der Waals surface area contributed by atoms with E-state index in [1.807, 2.05) is 12.1 Å². The third kappa shape index (κ3) is 3.44. The number of halogens is 1. The summed E-state index contributed by atoms with van der Waals surface area (Å²) in [5.74, 6) is -0.503. The van der Waals surface area contributed by atoms with E-state index >= 15 is 0 Å². The molecule has 1 N–H and O–H groups in total. The van der Waals surface area contributed by atoms with Gasteiger partial charge >= 0.3 is 0 Å². The average Bonchev–Trinajstić information content (AvgIpc) is 2.96. The SMILES string of the molecule is C=C1CCC(=C)[C@@]2([C@@H](O[Si](CC)(CC)CC)c3ccccc3I)C(=O)N(C)[C@H](O)[C@@H]12. The molecule has 1 saturated heterocycles. The van der Waals surface area contributed by atoms with Crippen molar-refractivity contribution in [1.29, 1.82) is 0 Å². The highest BCUT2D eigenvalue weighted by molar-refractivity contribution is 14.1. The number of amides is 1. The molecule has 0 radical (unpaired) electrons. The smallest absolute Gasteiger partial charge is 0.238 e. The van der Waals surface area contributed by atoms with Gasteiger partial charge in [-0.25, -0.2) is 0 Å². The number of likely N-dealkylation sites (tertiary alicyclic amines) is 1. The number of nitrogens with zero attached hydrogens (tertiary/aromatic N) is 1. The minimum Gasteiger partial charge on any atom is -0.408 e. The number of hydrogen-bond donors (Lipinski definition) is 1. The molecule has 1 aliphatic carbocycles. The second kappa shape index (κ2) is 8.88. The number of carbonyl (C=O) groups is 1. The molecule has 3 rings (SSSR count). The summed E-state index contributed by atoms with van der Waals surface area (Å²) in [6, 6.07) is 11.1. The maximum atomic E-state index is 13.9. The Morgan fingerprint density at radius 1 is 1.23 bits per heavy atom. The molecule has 0 aromatic heterocycles. The molecule has 164 valence electrons. The lowest BCUT2D eigenvalue weighted by Crippen LogP contribution is -2.50. The first kappa shape index (κ1) is 23.7. The fourth-order valence-corrected chi connectivity index (χ4v) is 8.86. The predicted molar refractivity (Wildman–Crippen MR) is 132 cm³/mol. The van der Waals surface area contributed by atoms with Gasteiger partial charge in [0.15, 0.2) is 8.32 Å². The standard InChI is InChI=1S/C24H34INO3Si/c1-7-30(8-2,9-3)29-21(18-12-10-11-13-19(18)25)24-17(5)15-14-16(4)20(24)22(27)26(6)23(24)28/h10-13,20-22,27H,4-5,7-9,14-15H2,1-3,6H3/t20-,21+,22-,24-/m1/s1. The summed E-state index contributed by atoms with van der Waals surface area (Å²) in [6.45, 7) is 15.3. The third-order valence-electron chi connectivity index (χ3n) is 7.53. The van der Waals surface area contributed by atoms with Gasteiger partial charge in [-0.05, 0) is 65.2 Å². The van der Waals surface area contributed by atoms with Crippen molar-refractivity contribution >= 4 is 36.8 Å². The fourth-order valence-electron chi connectivity index (χ4n) is 5.38. The van der Waals surface area contributed by atoms with Gasteiger partial charge in [-0.15, -0.1) is 0 Å². The Balaban J connectivity index is 2.30. The van der Waals surface area contributed by atoms with Crippen molar-refractivity contribution in [3.8, 4) is 0 Å². The topological polar surface area (TPSA) is 49.8 Å². The molecule has 0 unspecified atom stereocenters. The van der Waals surface area contributed by atoms with E-state index in [4.69, 9.17) is 4.43 Å². The van der Waals surface area contributed by atoms with E-state index in [0.29, 0.717) is 6.42 Å². The van der Waals surface area contributed by atoms with Crippen LogP contribution in [0.5, 0.6) is 0 Å². The van der Waals surface area contributed by atoms with E-state index in [1.54, 1.807) is 7.05 Å². The van der Waals surface area contributed by atoms with E-state index in [1.165, 1.54) is 4.90 Å². The van der Waals surface area contributed by atoms with Gasteiger partial charge in [-0.3, -0.25) is 4.79 Å². The normalized spacial score (nSPS) is 28.1. The quantitative estimate of drug-likeness (QED) is 0.277. The van der Waals surface area contributed by atoms with Crippen LogP contribution in [-0.2, 0) is 9.22 Å². The van der Waals surface area contributed by atoms with Crippen molar-refractivity contribution in [2.75, 3.05) is 7.05 Å². The molecule has 6 heteroatoms. The molecule has 0 spiro atoms. The summed E-state index contributed by atoms with van der Waals surface area (Å²) in [5, 5.41) is 11.1. The molecule has 1 aliphatic heterocycles. The number of benzene rings is 1. The molecule has 1 aromatic carbocycles. The van der Waals surface area contributed by atoms with Crippen molar-refractivity contribution in [1.82, 2.24) is 4.90 Å². The molecule has 4 nitrogen and oxygen atoms in total. The first-order valence-electron chi connectivity index (χ1n) is 10.9. The molecule has 1 heterocycles. The lowest BCUT2D eigenvalue weighted by molar-refractivity contribution is -0.140. The van der Waals surface area contributed by atoms with Gasteiger partial charge < -0.3 is 14.4 Å². The van der Waals surface area contributed by atoms with Gasteiger partial charge in [0, 0.05) is 16.5 Å². The lowest BCUT2D eigenvalue weighted by Gasteiger charge is -2.48. The minimum absolute atomic E-state index is 0.0956. The first-order chi connectivity index (χ1) is 14.2. The molecule has 4 atom stereocenters. The van der Waals surface area contributed by atoms with E-state index in [0.717, 1.165) is 44.8 Å². The highest BCUT2D eigenvalue weighted by Crippen LogP contribution is 2.62. The molecule has 2 fully saturated rings. The number of aliphatic hydroxyl groups is 1. The molecule has 0 bridgehead atoms. The van der Waals surface area contributed by atoms with E-state index in [-0.39, 0.29) is 5.91 Å². The summed E-state index contributed by atoms with van der Waals surface area (Å²) in [5.41, 5.74) is 1.79. The molecule has 30 heavy (non-hydrogen) atoms. The van der Waals surface area contributed by atoms with Crippen molar-refractivity contribution in [2.24, 2.45) is 11.3 Å².